The Kier molecular flexibility index (Phi) is 6.77. The maximum Gasteiger partial charge on any atom is 0.258 e. The lowest BCUT2D eigenvalue weighted by Crippen LogP contribution is -2.38. The number of nitrogens with one attached hydrogen (secondary N) is 1. The third-order valence-corrected chi connectivity index (χ3v) is 4.71. The van der Waals surface area contributed by atoms with E-state index in [1.165, 1.54) is 0 Å². The van der Waals surface area contributed by atoms with Gasteiger partial charge in [0.2, 0.25) is 0 Å². The van der Waals surface area contributed by atoms with Crippen LogP contribution in [0.25, 0.3) is 0 Å². The van der Waals surface area contributed by atoms with E-state index in [1.54, 1.807) is 41.1 Å². The van der Waals surface area contributed by atoms with E-state index in [1.807, 2.05) is 37.4 Å². The molecule has 1 atom stereocenters. The molecule has 0 saturated carbocycles. The predicted octanol–water partition coefficient (Wildman–Crippen LogP) is 2.82. The number of nitrogens with zero attached hydrogens (tertiary/aromatic N) is 2. The van der Waals surface area contributed by atoms with Crippen molar-refractivity contribution in [2.75, 3.05) is 32.1 Å². The highest BCUT2D eigenvalue weighted by atomic mass is 35.5. The number of amides is 2. The van der Waals surface area contributed by atoms with Gasteiger partial charge in [0.25, 0.3) is 11.8 Å². The second kappa shape index (κ2) is 8.83. The molecule has 0 aromatic heterocycles. The number of hydrogen-bond donors (Lipinski definition) is 1. The van der Waals surface area contributed by atoms with Crippen LogP contribution < -0.4 is 10.2 Å². The van der Waals surface area contributed by atoms with Crippen molar-refractivity contribution < 1.29 is 9.59 Å². The normalized spacial score (nSPS) is 15.8. The summed E-state index contributed by atoms with van der Waals surface area (Å²) in [6, 6.07) is 16.6. The van der Waals surface area contributed by atoms with E-state index in [4.69, 9.17) is 0 Å². The number of halogens is 1. The fourth-order valence-electron chi connectivity index (χ4n) is 3.09. The Morgan fingerprint density at radius 1 is 0.962 bits per heavy atom. The number of anilines is 1. The van der Waals surface area contributed by atoms with Crippen LogP contribution in [-0.4, -0.2) is 49.9 Å². The van der Waals surface area contributed by atoms with Crippen LogP contribution in [0.15, 0.2) is 54.6 Å². The van der Waals surface area contributed by atoms with Crippen LogP contribution in [0.2, 0.25) is 0 Å². The van der Waals surface area contributed by atoms with Crippen LogP contribution in [0.1, 0.15) is 27.1 Å². The monoisotopic (exact) mass is 373 g/mol. The first-order valence-electron chi connectivity index (χ1n) is 8.49. The van der Waals surface area contributed by atoms with E-state index in [0.717, 1.165) is 25.2 Å². The summed E-state index contributed by atoms with van der Waals surface area (Å²) < 4.78 is 0. The highest BCUT2D eigenvalue weighted by Gasteiger charge is 2.24. The topological polar surface area (TPSA) is 52.7 Å². The molecule has 0 radical (unpaired) electrons. The van der Waals surface area contributed by atoms with Gasteiger partial charge in [-0.2, -0.15) is 0 Å². The summed E-state index contributed by atoms with van der Waals surface area (Å²) >= 11 is 0. The Balaban J connectivity index is 0.00000243. The van der Waals surface area contributed by atoms with E-state index in [2.05, 4.69) is 5.32 Å². The molecule has 5 nitrogen and oxygen atoms in total. The highest BCUT2D eigenvalue weighted by molar-refractivity contribution is 6.07. The fourth-order valence-corrected chi connectivity index (χ4v) is 3.09. The van der Waals surface area contributed by atoms with Gasteiger partial charge in [-0.3, -0.25) is 9.59 Å². The molecule has 1 fully saturated rings. The summed E-state index contributed by atoms with van der Waals surface area (Å²) in [5, 5.41) is 3.27. The average molecular weight is 374 g/mol. The largest absolute Gasteiger partial charge is 0.337 e. The molecule has 0 aliphatic carbocycles. The van der Waals surface area contributed by atoms with E-state index in [-0.39, 0.29) is 30.3 Å². The second-order valence-corrected chi connectivity index (χ2v) is 6.34. The third-order valence-electron chi connectivity index (χ3n) is 4.71. The van der Waals surface area contributed by atoms with Crippen LogP contribution in [0.3, 0.4) is 0 Å². The summed E-state index contributed by atoms with van der Waals surface area (Å²) in [4.78, 5) is 28.8. The van der Waals surface area contributed by atoms with Crippen LogP contribution >= 0.6 is 12.4 Å². The smallest absolute Gasteiger partial charge is 0.258 e. The molecule has 1 unspecified atom stereocenters. The van der Waals surface area contributed by atoms with E-state index in [9.17, 15) is 9.59 Å². The first-order chi connectivity index (χ1) is 12.1. The van der Waals surface area contributed by atoms with Gasteiger partial charge < -0.3 is 15.1 Å². The zero-order valence-electron chi connectivity index (χ0n) is 15.0. The molecule has 1 saturated heterocycles. The molecule has 1 aliphatic rings. The zero-order valence-corrected chi connectivity index (χ0v) is 15.8. The van der Waals surface area contributed by atoms with Gasteiger partial charge in [0, 0.05) is 43.5 Å². The molecule has 138 valence electrons. The molecule has 1 heterocycles. The molecule has 0 bridgehead atoms. The first-order valence-corrected chi connectivity index (χ1v) is 8.49. The van der Waals surface area contributed by atoms with Crippen molar-refractivity contribution in [2.24, 2.45) is 0 Å². The summed E-state index contributed by atoms with van der Waals surface area (Å²) in [6.45, 7) is 1.75. The SMILES string of the molecule is CN(C(=O)c1cccc(C(=O)N(C)C2CCNC2)c1)c1ccccc1.Cl. The Hall–Kier alpha value is -2.37. The second-order valence-electron chi connectivity index (χ2n) is 6.34. The third kappa shape index (κ3) is 4.23. The minimum absolute atomic E-state index is 0. The summed E-state index contributed by atoms with van der Waals surface area (Å²) in [5.41, 5.74) is 1.87. The lowest BCUT2D eigenvalue weighted by molar-refractivity contribution is 0.0744. The van der Waals surface area contributed by atoms with Crippen LogP contribution in [0.4, 0.5) is 5.69 Å². The molecule has 1 aliphatic heterocycles. The standard InChI is InChI=1S/C20H23N3O2.ClH/c1-22(17-9-4-3-5-10-17)19(24)15-7-6-8-16(13-15)20(25)23(2)18-11-12-21-14-18;/h3-10,13,18,21H,11-12,14H2,1-2H3;1H. The number of likely N-dealkylation sites (N-methyl/N-ethyl adjacent to an activating group) is 1. The minimum atomic E-state index is -0.133. The maximum atomic E-state index is 12.7. The number of para-hydroxylation sites is 1. The lowest BCUT2D eigenvalue weighted by atomic mass is 10.1. The van der Waals surface area contributed by atoms with Crippen LogP contribution in [0, 0.1) is 0 Å². The van der Waals surface area contributed by atoms with Crippen molar-refractivity contribution >= 4 is 29.9 Å². The molecule has 2 aromatic rings. The molecule has 3 rings (SSSR count). The molecule has 1 N–H and O–H groups in total. The van der Waals surface area contributed by atoms with E-state index >= 15 is 0 Å². The van der Waals surface area contributed by atoms with Crippen molar-refractivity contribution in [1.82, 2.24) is 10.2 Å². The van der Waals surface area contributed by atoms with Crippen molar-refractivity contribution in [3.05, 3.63) is 65.7 Å². The van der Waals surface area contributed by atoms with Gasteiger partial charge in [-0.25, -0.2) is 0 Å². The number of carbonyl (C=O) groups is 2. The van der Waals surface area contributed by atoms with E-state index < -0.39 is 0 Å². The van der Waals surface area contributed by atoms with Crippen LogP contribution in [-0.2, 0) is 0 Å². The molecule has 0 spiro atoms. The van der Waals surface area contributed by atoms with Gasteiger partial charge in [-0.1, -0.05) is 24.3 Å². The lowest BCUT2D eigenvalue weighted by Gasteiger charge is -2.24. The Labute approximate surface area is 160 Å². The Bertz CT molecular complexity index is 761. The zero-order chi connectivity index (χ0) is 17.8. The number of hydrogen-bond acceptors (Lipinski definition) is 3. The molecular weight excluding hydrogens is 350 g/mol. The van der Waals surface area contributed by atoms with Gasteiger partial charge in [0.05, 0.1) is 0 Å². The van der Waals surface area contributed by atoms with Gasteiger partial charge in [0.1, 0.15) is 0 Å². The molecule has 6 heteroatoms. The molecule has 26 heavy (non-hydrogen) atoms. The quantitative estimate of drug-likeness (QED) is 0.896. The van der Waals surface area contributed by atoms with E-state index in [0.29, 0.717) is 11.1 Å². The maximum absolute atomic E-state index is 12.7. The highest BCUT2D eigenvalue weighted by Crippen LogP contribution is 2.17. The number of carbonyl (C=O) groups excluding carboxylic acids is 2. The molecule has 2 aromatic carbocycles. The summed E-state index contributed by atoms with van der Waals surface area (Å²) in [5.74, 6) is -0.184. The van der Waals surface area contributed by atoms with Gasteiger partial charge in [-0.15, -0.1) is 12.4 Å². The first kappa shape index (κ1) is 19.9. The van der Waals surface area contributed by atoms with Crippen molar-refractivity contribution in [2.45, 2.75) is 12.5 Å². The average Bonchev–Trinajstić information content (AvgIpc) is 3.21. The van der Waals surface area contributed by atoms with Crippen molar-refractivity contribution in [3.63, 3.8) is 0 Å². The summed E-state index contributed by atoms with van der Waals surface area (Å²) in [7, 11) is 3.56. The van der Waals surface area contributed by atoms with Gasteiger partial charge >= 0.3 is 0 Å². The molecule has 2 amide bonds. The van der Waals surface area contributed by atoms with Crippen molar-refractivity contribution in [3.8, 4) is 0 Å². The predicted molar refractivity (Wildman–Crippen MR) is 106 cm³/mol. The number of rotatable bonds is 4. The Morgan fingerprint density at radius 3 is 2.23 bits per heavy atom. The van der Waals surface area contributed by atoms with Gasteiger partial charge in [-0.05, 0) is 43.3 Å². The van der Waals surface area contributed by atoms with Crippen LogP contribution in [0.5, 0.6) is 0 Å². The number of benzene rings is 2. The Morgan fingerprint density at radius 2 is 1.62 bits per heavy atom. The fraction of sp³-hybridized carbons (Fsp3) is 0.300. The molecular formula is C20H24ClN3O2. The van der Waals surface area contributed by atoms with Gasteiger partial charge in [0.15, 0.2) is 0 Å². The van der Waals surface area contributed by atoms with Crippen molar-refractivity contribution in [1.29, 1.82) is 0 Å². The summed E-state index contributed by atoms with van der Waals surface area (Å²) in [6.07, 6.45) is 0.956. The minimum Gasteiger partial charge on any atom is -0.337 e.